The predicted octanol–water partition coefficient (Wildman–Crippen LogP) is 3.90. The molecule has 0 aliphatic carbocycles. The number of unbranched alkanes of at least 4 members (excludes halogenated alkanes) is 3. The molecule has 460 valence electrons. The van der Waals surface area contributed by atoms with Crippen molar-refractivity contribution < 1.29 is 82.0 Å². The molecule has 0 aromatic heterocycles. The van der Waals surface area contributed by atoms with Gasteiger partial charge in [-0.15, -0.1) is 0 Å². The van der Waals surface area contributed by atoms with Crippen LogP contribution in [0.25, 0.3) is 0 Å². The van der Waals surface area contributed by atoms with Gasteiger partial charge in [0.25, 0.3) is 0 Å². The summed E-state index contributed by atoms with van der Waals surface area (Å²) >= 11 is 1.87. The lowest BCUT2D eigenvalue weighted by atomic mass is 9.74. The number of nitrogens with one attached hydrogen (secondary N) is 4. The molecule has 23 heteroatoms. The maximum atomic E-state index is 14.6. The fourth-order valence-corrected chi connectivity index (χ4v) is 14.0. The Bertz CT molecular complexity index is 2060. The summed E-state index contributed by atoms with van der Waals surface area (Å²) in [5.41, 5.74) is -4.53. The van der Waals surface area contributed by atoms with Crippen LogP contribution in [-0.4, -0.2) is 205 Å². The third kappa shape index (κ3) is 17.2. The minimum atomic E-state index is -2.03. The van der Waals surface area contributed by atoms with E-state index in [-0.39, 0.29) is 67.8 Å². The Labute approximate surface area is 478 Å². The van der Waals surface area contributed by atoms with Gasteiger partial charge in [-0.1, -0.05) is 34.1 Å². The van der Waals surface area contributed by atoms with Crippen molar-refractivity contribution in [2.45, 2.75) is 254 Å². The molecule has 2 unspecified atom stereocenters. The maximum Gasteiger partial charge on any atom is 0.315 e. The van der Waals surface area contributed by atoms with E-state index < -0.39 is 120 Å². The van der Waals surface area contributed by atoms with Crippen molar-refractivity contribution >= 4 is 47.3 Å². The van der Waals surface area contributed by atoms with Gasteiger partial charge >= 0.3 is 18.0 Å². The predicted molar refractivity (Wildman–Crippen MR) is 298 cm³/mol. The van der Waals surface area contributed by atoms with Gasteiger partial charge in [0.15, 0.2) is 18.7 Å². The van der Waals surface area contributed by atoms with Gasteiger partial charge in [-0.2, -0.15) is 11.8 Å². The first-order chi connectivity index (χ1) is 37.6. The number of hydrogen-bond acceptors (Lipinski definition) is 19. The first-order valence-electron chi connectivity index (χ1n) is 29.2. The second kappa shape index (κ2) is 30.0. The zero-order valence-corrected chi connectivity index (χ0v) is 50.9. The highest BCUT2D eigenvalue weighted by Crippen LogP contribution is 2.42. The Balaban J connectivity index is 1.27. The first-order valence-corrected chi connectivity index (χ1v) is 30.3. The third-order valence-electron chi connectivity index (χ3n) is 17.6. The van der Waals surface area contributed by atoms with Gasteiger partial charge in [0.1, 0.15) is 23.6 Å². The number of urea groups is 1. The number of amides is 4. The molecule has 0 aromatic carbocycles. The number of rotatable bonds is 23. The highest BCUT2D eigenvalue weighted by Gasteiger charge is 2.55. The van der Waals surface area contributed by atoms with Crippen LogP contribution in [0.3, 0.4) is 0 Å². The van der Waals surface area contributed by atoms with Crippen molar-refractivity contribution in [2.75, 3.05) is 47.2 Å². The van der Waals surface area contributed by atoms with E-state index in [1.807, 2.05) is 44.6 Å². The van der Waals surface area contributed by atoms with Crippen molar-refractivity contribution in [1.82, 2.24) is 26.2 Å². The molecule has 5 rings (SSSR count). The molecular formula is C57H99N5O17S. The number of ketones is 1. The molecule has 0 saturated carbocycles. The smallest absolute Gasteiger partial charge is 0.315 e. The number of aliphatic hydroxyl groups is 3. The number of nitrogens with zero attached hydrogens (tertiary/aromatic N) is 1. The number of carbonyl (C=O) groups is 6. The summed E-state index contributed by atoms with van der Waals surface area (Å²) < 4.78 is 51.4. The molecule has 5 aliphatic rings. The second-order valence-electron chi connectivity index (χ2n) is 24.2. The van der Waals surface area contributed by atoms with Gasteiger partial charge in [0.2, 0.25) is 11.8 Å². The number of likely N-dealkylation sites (N-methyl/N-ethyl adjacent to an activating group) is 1. The van der Waals surface area contributed by atoms with Crippen LogP contribution in [0, 0.1) is 23.7 Å². The van der Waals surface area contributed by atoms with Gasteiger partial charge in [0, 0.05) is 75.3 Å². The SMILES string of the molecule is CCC1OC(=O)[C@H](C)C(O[C@H]2C[C@@](C)(OC)[C@@H](O)[C@H](C)O2)[C@H](C)[C@@H](O[C@@H]2O[C@H](C)C[C@H](N(C)C)[C@H]2OC(=O)CCC(=O)NCCCCCNC(=O)CCCC[C@@H]2SC[C@@H]3NC(=O)N[C@@H]32)[C@](C)(OC)C[C@@H](C)C(=O)[C@H](C)[C@@H](O)[C@]1(C)O. The summed E-state index contributed by atoms with van der Waals surface area (Å²) in [7, 11) is 6.67. The average molecular weight is 1160 g/mol. The summed E-state index contributed by atoms with van der Waals surface area (Å²) in [5, 5.41) is 46.8. The van der Waals surface area contributed by atoms with Crippen LogP contribution >= 0.6 is 11.8 Å². The van der Waals surface area contributed by atoms with E-state index in [1.165, 1.54) is 28.1 Å². The molecule has 21 atom stereocenters. The van der Waals surface area contributed by atoms with Crippen LogP contribution in [0.2, 0.25) is 0 Å². The Morgan fingerprint density at radius 1 is 0.787 bits per heavy atom. The van der Waals surface area contributed by atoms with Crippen LogP contribution in [0.1, 0.15) is 153 Å². The molecule has 0 spiro atoms. The molecule has 5 saturated heterocycles. The van der Waals surface area contributed by atoms with Gasteiger partial charge in [-0.25, -0.2) is 4.79 Å². The molecular weight excluding hydrogens is 1060 g/mol. The minimum Gasteiger partial charge on any atom is -0.459 e. The lowest BCUT2D eigenvalue weighted by Crippen LogP contribution is -2.62. The summed E-state index contributed by atoms with van der Waals surface area (Å²) in [6.07, 6.45) is -5.03. The number of ether oxygens (including phenoxy) is 8. The molecule has 80 heavy (non-hydrogen) atoms. The highest BCUT2D eigenvalue weighted by atomic mass is 32.2. The van der Waals surface area contributed by atoms with Crippen molar-refractivity contribution in [2.24, 2.45) is 23.7 Å². The van der Waals surface area contributed by atoms with Gasteiger partial charge < -0.3 is 79.4 Å². The molecule has 22 nitrogen and oxygen atoms in total. The number of Topliss-reactive ketones (excluding diaryl/α,β-unsaturated/α-hetero) is 1. The Morgan fingerprint density at radius 2 is 1.44 bits per heavy atom. The number of esters is 2. The van der Waals surface area contributed by atoms with E-state index in [0.29, 0.717) is 37.6 Å². The number of aliphatic hydroxyl groups excluding tert-OH is 2. The van der Waals surface area contributed by atoms with Gasteiger partial charge in [0.05, 0.1) is 72.2 Å². The van der Waals surface area contributed by atoms with E-state index in [4.69, 9.17) is 37.9 Å². The fraction of sp³-hybridized carbons (Fsp3) is 0.895. The van der Waals surface area contributed by atoms with Crippen LogP contribution in [-0.2, 0) is 61.9 Å². The number of methoxy groups -OCH3 is 2. The Morgan fingerprint density at radius 3 is 2.06 bits per heavy atom. The lowest BCUT2D eigenvalue weighted by molar-refractivity contribution is -0.320. The molecule has 4 amide bonds. The summed E-state index contributed by atoms with van der Waals surface area (Å²) in [6.45, 7) is 17.7. The van der Waals surface area contributed by atoms with Gasteiger partial charge in [-0.05, 0) is 107 Å². The summed E-state index contributed by atoms with van der Waals surface area (Å²) in [4.78, 5) is 81.9. The molecule has 0 radical (unpaired) electrons. The number of cyclic esters (lactones) is 1. The molecule has 7 N–H and O–H groups in total. The molecule has 0 bridgehead atoms. The zero-order valence-electron chi connectivity index (χ0n) is 50.1. The largest absolute Gasteiger partial charge is 0.459 e. The van der Waals surface area contributed by atoms with E-state index >= 15 is 0 Å². The molecule has 0 aromatic rings. The van der Waals surface area contributed by atoms with Crippen LogP contribution in [0.4, 0.5) is 4.79 Å². The normalized spacial score (nSPS) is 40.0. The van der Waals surface area contributed by atoms with E-state index in [0.717, 1.165) is 37.9 Å². The third-order valence-corrected chi connectivity index (χ3v) is 19.2. The quantitative estimate of drug-likeness (QED) is 0.0434. The van der Waals surface area contributed by atoms with E-state index in [2.05, 4.69) is 21.3 Å². The maximum absolute atomic E-state index is 14.6. The standard InChI is InChI=1S/C57H99N5O17S/c1-15-40-57(10,71)49(67)33(4)46(66)31(2)28-56(9,73-14)51(34(5)47(35(6)52(69)76-40)78-44-29-55(8,72-13)50(68)36(7)75-44)79-53-48(38(62(11)12)27-32(3)74-53)77-43(65)24-23-42(64)59-26-20-16-19-25-58-41(63)22-18-17-21-39-45-37(30-80-39)60-54(70)61-45/h31-40,44-45,47-51,53,67-68,71H,15-30H2,1-14H3,(H,58,63)(H,59,64)(H2,60,61,70)/t31-,32-,33+,34+,35-,36+,37+,38+,39+,40?,44+,45+,47?,48-,49-,50+,51-,53+,55-,56-,57-/m1/s1. The molecule has 5 fully saturated rings. The number of carbonyl (C=O) groups excluding carboxylic acids is 6. The Kier molecular flexibility index (Phi) is 25.4. The molecule has 5 aliphatic heterocycles. The van der Waals surface area contributed by atoms with E-state index in [1.54, 1.807) is 41.5 Å². The van der Waals surface area contributed by atoms with Gasteiger partial charge in [-0.3, -0.25) is 24.0 Å². The lowest BCUT2D eigenvalue weighted by Gasteiger charge is -2.50. The zero-order chi connectivity index (χ0) is 59.4. The van der Waals surface area contributed by atoms with Crippen molar-refractivity contribution in [3.8, 4) is 0 Å². The highest BCUT2D eigenvalue weighted by molar-refractivity contribution is 8.00. The van der Waals surface area contributed by atoms with Crippen LogP contribution in [0.5, 0.6) is 0 Å². The minimum absolute atomic E-state index is 0.0127. The summed E-state index contributed by atoms with van der Waals surface area (Å²) in [5.74, 6) is -5.05. The number of fused-ring (bicyclic) bond motifs is 1. The van der Waals surface area contributed by atoms with Crippen molar-refractivity contribution in [3.63, 3.8) is 0 Å². The number of hydrogen-bond donors (Lipinski definition) is 7. The molecule has 5 heterocycles. The number of thioether (sulfide) groups is 1. The van der Waals surface area contributed by atoms with E-state index in [9.17, 15) is 44.1 Å². The van der Waals surface area contributed by atoms with Crippen molar-refractivity contribution in [3.05, 3.63) is 0 Å². The van der Waals surface area contributed by atoms with Crippen LogP contribution in [0.15, 0.2) is 0 Å². The average Bonchev–Trinajstić information content (AvgIpc) is 4.00. The van der Waals surface area contributed by atoms with Crippen LogP contribution < -0.4 is 21.3 Å². The second-order valence-corrected chi connectivity index (χ2v) is 25.5. The fourth-order valence-electron chi connectivity index (χ4n) is 12.5. The van der Waals surface area contributed by atoms with Crippen molar-refractivity contribution in [1.29, 1.82) is 0 Å². The summed E-state index contributed by atoms with van der Waals surface area (Å²) in [6, 6.07) is -0.176. The monoisotopic (exact) mass is 1160 g/mol. The Hall–Kier alpha value is -3.23. The topological polar surface area (TPSA) is 288 Å². The first kappa shape index (κ1) is 67.6.